The van der Waals surface area contributed by atoms with Crippen LogP contribution in [0.1, 0.15) is 44.9 Å². The molecule has 2 aliphatic rings. The average Bonchev–Trinajstić information content (AvgIpc) is 3.35. The molecule has 9 heteroatoms. The highest BCUT2D eigenvalue weighted by Gasteiger charge is 2.43. The number of carbonyl (C=O) groups is 2. The van der Waals surface area contributed by atoms with E-state index in [0.717, 1.165) is 25.7 Å². The van der Waals surface area contributed by atoms with Gasteiger partial charge in [-0.25, -0.2) is 4.68 Å². The van der Waals surface area contributed by atoms with E-state index in [1.165, 1.54) is 6.33 Å². The quantitative estimate of drug-likeness (QED) is 0.869. The molecule has 1 aromatic carbocycles. The lowest BCUT2D eigenvalue weighted by Crippen LogP contribution is -2.47. The van der Waals surface area contributed by atoms with E-state index in [-0.39, 0.29) is 11.8 Å². The number of hydrogen-bond donors (Lipinski definition) is 1. The van der Waals surface area contributed by atoms with Gasteiger partial charge < -0.3 is 10.2 Å². The minimum Gasteiger partial charge on any atom is -0.322 e. The van der Waals surface area contributed by atoms with Gasteiger partial charge in [-0.05, 0) is 47.9 Å². The Bertz CT molecular complexity index is 848. The third kappa shape index (κ3) is 3.29. The minimum atomic E-state index is -0.823. The van der Waals surface area contributed by atoms with Gasteiger partial charge in [0.05, 0.1) is 11.4 Å². The highest BCUT2D eigenvalue weighted by atomic mass is 35.5. The lowest BCUT2D eigenvalue weighted by molar-refractivity contribution is -0.127. The van der Waals surface area contributed by atoms with E-state index in [1.54, 1.807) is 27.8 Å². The first kappa shape index (κ1) is 17.9. The number of nitrogens with one attached hydrogen (secondary N) is 1. The van der Waals surface area contributed by atoms with Gasteiger partial charge in [0.15, 0.2) is 0 Å². The van der Waals surface area contributed by atoms with Crippen LogP contribution >= 0.6 is 11.6 Å². The van der Waals surface area contributed by atoms with Crippen LogP contribution in [0, 0.1) is 0 Å². The molecule has 1 saturated heterocycles. The van der Waals surface area contributed by atoms with Crippen molar-refractivity contribution in [1.29, 1.82) is 0 Å². The van der Waals surface area contributed by atoms with Gasteiger partial charge in [-0.2, -0.15) is 0 Å². The van der Waals surface area contributed by atoms with Gasteiger partial charge in [-0.3, -0.25) is 9.59 Å². The van der Waals surface area contributed by atoms with Gasteiger partial charge in [0, 0.05) is 18.0 Å². The van der Waals surface area contributed by atoms with Gasteiger partial charge in [-0.15, -0.1) is 5.10 Å². The van der Waals surface area contributed by atoms with Gasteiger partial charge in [0.1, 0.15) is 11.9 Å². The van der Waals surface area contributed by atoms with Crippen molar-refractivity contribution in [3.05, 3.63) is 29.5 Å². The third-order valence-corrected chi connectivity index (χ3v) is 5.70. The Morgan fingerprint density at radius 3 is 2.67 bits per heavy atom. The van der Waals surface area contributed by atoms with Crippen LogP contribution in [0.2, 0.25) is 5.02 Å². The fraction of sp³-hybridized carbons (Fsp3) is 0.500. The second-order valence-electron chi connectivity index (χ2n) is 7.11. The number of rotatable bonds is 4. The normalized spacial score (nSPS) is 19.3. The Kier molecular flexibility index (Phi) is 4.82. The number of hydrogen-bond acceptors (Lipinski definition) is 5. The maximum atomic E-state index is 13.4. The number of aromatic nitrogens is 4. The van der Waals surface area contributed by atoms with Crippen LogP contribution in [0.15, 0.2) is 24.5 Å². The van der Waals surface area contributed by atoms with Crippen molar-refractivity contribution in [2.45, 2.75) is 50.5 Å². The number of nitrogens with zero attached hydrogens (tertiary/aromatic N) is 5. The molecule has 1 aliphatic carbocycles. The zero-order valence-electron chi connectivity index (χ0n) is 14.9. The predicted molar refractivity (Wildman–Crippen MR) is 101 cm³/mol. The number of tetrazole rings is 1. The largest absolute Gasteiger partial charge is 0.322 e. The van der Waals surface area contributed by atoms with E-state index in [1.807, 2.05) is 0 Å². The van der Waals surface area contributed by atoms with E-state index in [0.29, 0.717) is 42.2 Å². The van der Waals surface area contributed by atoms with E-state index < -0.39 is 5.54 Å². The first-order chi connectivity index (χ1) is 13.1. The molecule has 0 unspecified atom stereocenters. The molecule has 142 valence electrons. The van der Waals surface area contributed by atoms with E-state index >= 15 is 0 Å². The summed E-state index contributed by atoms with van der Waals surface area (Å²) >= 11 is 6.17. The number of carbonyl (C=O) groups excluding carboxylic acids is 2. The summed E-state index contributed by atoms with van der Waals surface area (Å²) in [6, 6.07) is 5.21. The second kappa shape index (κ2) is 7.26. The smallest absolute Gasteiger partial charge is 0.252 e. The summed E-state index contributed by atoms with van der Waals surface area (Å²) in [5, 5.41) is 15.0. The van der Waals surface area contributed by atoms with Crippen LogP contribution in [0.4, 0.5) is 11.4 Å². The third-order valence-electron chi connectivity index (χ3n) is 5.46. The summed E-state index contributed by atoms with van der Waals surface area (Å²) in [5.74, 6) is -0.120. The Morgan fingerprint density at radius 1 is 1.19 bits per heavy atom. The van der Waals surface area contributed by atoms with Gasteiger partial charge in [0.25, 0.3) is 5.91 Å². The molecule has 0 spiro atoms. The highest BCUT2D eigenvalue weighted by molar-refractivity contribution is 6.31. The van der Waals surface area contributed by atoms with Crippen LogP contribution in [0.3, 0.4) is 0 Å². The summed E-state index contributed by atoms with van der Waals surface area (Å²) in [4.78, 5) is 27.3. The average molecular weight is 389 g/mol. The molecule has 2 fully saturated rings. The fourth-order valence-electron chi connectivity index (χ4n) is 4.04. The Morgan fingerprint density at radius 2 is 2.00 bits per heavy atom. The molecular weight excluding hydrogens is 368 g/mol. The minimum absolute atomic E-state index is 0.0562. The van der Waals surface area contributed by atoms with Crippen molar-refractivity contribution in [3.8, 4) is 0 Å². The van der Waals surface area contributed by atoms with Gasteiger partial charge >= 0.3 is 0 Å². The summed E-state index contributed by atoms with van der Waals surface area (Å²) in [5.41, 5.74) is 0.398. The number of amides is 2. The van der Waals surface area contributed by atoms with Crippen molar-refractivity contribution < 1.29 is 9.59 Å². The maximum absolute atomic E-state index is 13.4. The van der Waals surface area contributed by atoms with Crippen molar-refractivity contribution in [2.75, 3.05) is 16.8 Å². The first-order valence-corrected chi connectivity index (χ1v) is 9.63. The Labute approximate surface area is 161 Å². The molecular formula is C18H21ClN6O2. The van der Waals surface area contributed by atoms with Crippen LogP contribution in [-0.2, 0) is 15.1 Å². The zero-order chi connectivity index (χ0) is 18.9. The van der Waals surface area contributed by atoms with Crippen LogP contribution in [0.5, 0.6) is 0 Å². The van der Waals surface area contributed by atoms with Gasteiger partial charge in [-0.1, -0.05) is 30.9 Å². The molecule has 0 bridgehead atoms. The molecule has 1 saturated carbocycles. The topological polar surface area (TPSA) is 93.0 Å². The van der Waals surface area contributed by atoms with E-state index in [9.17, 15) is 9.59 Å². The molecule has 0 radical (unpaired) electrons. The van der Waals surface area contributed by atoms with Crippen molar-refractivity contribution in [2.24, 2.45) is 0 Å². The zero-order valence-corrected chi connectivity index (χ0v) is 15.7. The van der Waals surface area contributed by atoms with Crippen LogP contribution in [0.25, 0.3) is 0 Å². The Hall–Kier alpha value is -2.48. The Balaban J connectivity index is 1.67. The molecule has 2 heterocycles. The molecule has 0 atom stereocenters. The second-order valence-corrected chi connectivity index (χ2v) is 7.55. The summed E-state index contributed by atoms with van der Waals surface area (Å²) < 4.78 is 1.56. The lowest BCUT2D eigenvalue weighted by Gasteiger charge is -2.35. The van der Waals surface area contributed by atoms with Crippen molar-refractivity contribution >= 4 is 34.8 Å². The SMILES string of the molecule is O=C1CCCN1c1ccc(Cl)cc1NC(=O)C1(n2cnnn2)CCCCC1. The lowest BCUT2D eigenvalue weighted by atomic mass is 9.81. The standard InChI is InChI=1S/C18H21ClN6O2/c19-13-6-7-15(24-10-4-5-16(24)26)14(11-13)21-17(27)18(8-2-1-3-9-18)25-12-20-22-23-25/h6-7,11-12H,1-5,8-10H2,(H,21,27). The number of benzene rings is 1. The summed E-state index contributed by atoms with van der Waals surface area (Å²) in [6.45, 7) is 0.640. The van der Waals surface area contributed by atoms with E-state index in [4.69, 9.17) is 11.6 Å². The first-order valence-electron chi connectivity index (χ1n) is 9.25. The maximum Gasteiger partial charge on any atom is 0.252 e. The summed E-state index contributed by atoms with van der Waals surface area (Å²) in [7, 11) is 0. The molecule has 2 amide bonds. The van der Waals surface area contributed by atoms with Crippen LogP contribution in [-0.4, -0.2) is 38.6 Å². The molecule has 2 aromatic rings. The monoisotopic (exact) mass is 388 g/mol. The molecule has 1 aromatic heterocycles. The number of halogens is 1. The number of anilines is 2. The molecule has 27 heavy (non-hydrogen) atoms. The molecule has 8 nitrogen and oxygen atoms in total. The van der Waals surface area contributed by atoms with Gasteiger partial charge in [0.2, 0.25) is 5.91 Å². The fourth-order valence-corrected chi connectivity index (χ4v) is 4.21. The highest BCUT2D eigenvalue weighted by Crippen LogP contribution is 2.38. The van der Waals surface area contributed by atoms with E-state index in [2.05, 4.69) is 20.8 Å². The molecule has 1 N–H and O–H groups in total. The van der Waals surface area contributed by atoms with Crippen molar-refractivity contribution in [1.82, 2.24) is 20.2 Å². The molecule has 4 rings (SSSR count). The van der Waals surface area contributed by atoms with Crippen LogP contribution < -0.4 is 10.2 Å². The molecule has 1 aliphatic heterocycles. The predicted octanol–water partition coefficient (Wildman–Crippen LogP) is 2.75. The van der Waals surface area contributed by atoms with Crippen molar-refractivity contribution in [3.63, 3.8) is 0 Å². The summed E-state index contributed by atoms with van der Waals surface area (Å²) in [6.07, 6.45) is 7.11.